The van der Waals surface area contributed by atoms with Gasteiger partial charge in [-0.3, -0.25) is 0 Å². The van der Waals surface area contributed by atoms with Crippen molar-refractivity contribution in [2.75, 3.05) is 0 Å². The van der Waals surface area contributed by atoms with Crippen molar-refractivity contribution in [3.05, 3.63) is 158 Å². The fraction of sp³-hybridized carbons (Fsp3) is 0. The highest BCUT2D eigenvalue weighted by Crippen LogP contribution is 2.41. The minimum absolute atomic E-state index is 1.18. The molecule has 0 N–H and O–H groups in total. The minimum Gasteiger partial charge on any atom is -0.309 e. The van der Waals surface area contributed by atoms with Crippen LogP contribution in [0.1, 0.15) is 0 Å². The van der Waals surface area contributed by atoms with Crippen molar-refractivity contribution in [3.63, 3.8) is 0 Å². The first kappa shape index (κ1) is 23.1. The number of nitrogens with zero attached hydrogens (tertiary/aromatic N) is 2. The summed E-state index contributed by atoms with van der Waals surface area (Å²) in [7, 11) is 0. The van der Waals surface area contributed by atoms with Gasteiger partial charge in [0.1, 0.15) is 0 Å². The number of hydrogen-bond donors (Lipinski definition) is 0. The van der Waals surface area contributed by atoms with Gasteiger partial charge in [0, 0.05) is 32.9 Å². The van der Waals surface area contributed by atoms with Crippen molar-refractivity contribution in [3.8, 4) is 22.5 Å². The molecule has 2 nitrogen and oxygen atoms in total. The Bertz CT molecular complexity index is 2460. The Morgan fingerprint density at radius 3 is 1.83 bits per heavy atom. The van der Waals surface area contributed by atoms with Gasteiger partial charge in [-0.25, -0.2) is 0 Å². The molecule has 0 radical (unpaired) electrons. The molecule has 2 heteroatoms. The molecule has 0 saturated heterocycles. The van der Waals surface area contributed by atoms with Gasteiger partial charge in [0.05, 0.1) is 22.1 Å². The Labute approximate surface area is 243 Å². The molecule has 196 valence electrons. The number of rotatable bonds is 3. The van der Waals surface area contributed by atoms with Gasteiger partial charge in [0.25, 0.3) is 0 Å². The quantitative estimate of drug-likeness (QED) is 0.213. The summed E-state index contributed by atoms with van der Waals surface area (Å²) in [6.45, 7) is 0. The highest BCUT2D eigenvalue weighted by Gasteiger charge is 2.18. The predicted molar refractivity (Wildman–Crippen MR) is 178 cm³/mol. The first-order valence-electron chi connectivity index (χ1n) is 14.5. The largest absolute Gasteiger partial charge is 0.309 e. The van der Waals surface area contributed by atoms with E-state index in [9.17, 15) is 0 Å². The lowest BCUT2D eigenvalue weighted by Crippen LogP contribution is -1.94. The lowest BCUT2D eigenvalue weighted by atomic mass is 9.98. The van der Waals surface area contributed by atoms with E-state index in [0.29, 0.717) is 0 Å². The monoisotopic (exact) mass is 534 g/mol. The highest BCUT2D eigenvalue weighted by atomic mass is 15.0. The Morgan fingerprint density at radius 2 is 0.976 bits per heavy atom. The zero-order chi connectivity index (χ0) is 27.6. The number of fused-ring (bicyclic) bond motifs is 7. The van der Waals surface area contributed by atoms with Crippen molar-refractivity contribution in [2.45, 2.75) is 0 Å². The molecule has 0 saturated carbocycles. The van der Waals surface area contributed by atoms with Gasteiger partial charge in [0.2, 0.25) is 0 Å². The molecule has 0 bridgehead atoms. The molecule has 0 amide bonds. The number of para-hydroxylation sites is 3. The smallest absolute Gasteiger partial charge is 0.0547 e. The molecule has 0 spiro atoms. The summed E-state index contributed by atoms with van der Waals surface area (Å²) in [5.41, 5.74) is 9.72. The topological polar surface area (TPSA) is 9.86 Å². The summed E-state index contributed by atoms with van der Waals surface area (Å²) in [6.07, 6.45) is 0. The van der Waals surface area contributed by atoms with Crippen LogP contribution >= 0.6 is 0 Å². The summed E-state index contributed by atoms with van der Waals surface area (Å²) < 4.78 is 4.79. The second-order valence-electron chi connectivity index (χ2n) is 11.0. The van der Waals surface area contributed by atoms with Crippen LogP contribution in [-0.4, -0.2) is 9.13 Å². The van der Waals surface area contributed by atoms with Crippen molar-refractivity contribution in [2.24, 2.45) is 0 Å². The summed E-state index contributed by atoms with van der Waals surface area (Å²) in [5.74, 6) is 0. The standard InChI is InChI=1S/C40H26N2/c1-2-13-30(14-3-1)41-36-18-8-6-15-33(36)35-26-29(22-24-38(35)41)32-17-10-20-39-40(32)34-16-7-9-19-37(34)42(39)31-23-21-27-11-4-5-12-28(27)25-31/h1-26H. The van der Waals surface area contributed by atoms with E-state index in [2.05, 4.69) is 167 Å². The van der Waals surface area contributed by atoms with Crippen molar-refractivity contribution >= 4 is 54.4 Å². The molecular weight excluding hydrogens is 508 g/mol. The van der Waals surface area contributed by atoms with Gasteiger partial charge >= 0.3 is 0 Å². The zero-order valence-corrected chi connectivity index (χ0v) is 22.9. The molecule has 0 atom stereocenters. The van der Waals surface area contributed by atoms with Crippen LogP contribution in [0.2, 0.25) is 0 Å². The molecule has 0 aliphatic rings. The summed E-state index contributed by atoms with van der Waals surface area (Å²) in [4.78, 5) is 0. The molecule has 0 unspecified atom stereocenters. The van der Waals surface area contributed by atoms with Gasteiger partial charge in [0.15, 0.2) is 0 Å². The normalized spacial score (nSPS) is 11.8. The van der Waals surface area contributed by atoms with E-state index in [1.165, 1.54) is 76.9 Å². The highest BCUT2D eigenvalue weighted by molar-refractivity contribution is 6.17. The van der Waals surface area contributed by atoms with Crippen molar-refractivity contribution < 1.29 is 0 Å². The minimum atomic E-state index is 1.18. The van der Waals surface area contributed by atoms with Gasteiger partial charge in [-0.2, -0.15) is 0 Å². The van der Waals surface area contributed by atoms with Crippen LogP contribution in [0.25, 0.3) is 76.9 Å². The predicted octanol–water partition coefficient (Wildman–Crippen LogP) is 10.7. The average molecular weight is 535 g/mol. The Morgan fingerprint density at radius 1 is 0.333 bits per heavy atom. The first-order valence-corrected chi connectivity index (χ1v) is 14.5. The van der Waals surface area contributed by atoms with E-state index in [1.54, 1.807) is 0 Å². The Hall–Kier alpha value is -5.60. The maximum absolute atomic E-state index is 2.42. The second kappa shape index (κ2) is 8.95. The molecule has 0 fully saturated rings. The van der Waals surface area contributed by atoms with Crippen LogP contribution in [0.5, 0.6) is 0 Å². The van der Waals surface area contributed by atoms with Crippen LogP contribution in [0.3, 0.4) is 0 Å². The molecule has 7 aromatic carbocycles. The maximum atomic E-state index is 2.42. The van der Waals surface area contributed by atoms with Gasteiger partial charge < -0.3 is 9.13 Å². The fourth-order valence-corrected chi connectivity index (χ4v) is 6.85. The summed E-state index contributed by atoms with van der Waals surface area (Å²) in [5, 5.41) is 7.59. The fourth-order valence-electron chi connectivity index (χ4n) is 6.85. The Kier molecular flexibility index (Phi) is 4.93. The molecule has 42 heavy (non-hydrogen) atoms. The SMILES string of the molecule is c1ccc(-n2c3ccccc3c3cc(-c4cccc5c4c4ccccc4n5-c4ccc5ccccc5c4)ccc32)cc1. The molecule has 0 aliphatic carbocycles. The van der Waals surface area contributed by atoms with Crippen LogP contribution in [0, 0.1) is 0 Å². The first-order chi connectivity index (χ1) is 20.8. The Balaban J connectivity index is 1.32. The lowest BCUT2D eigenvalue weighted by molar-refractivity contribution is 1.18. The molecule has 9 rings (SSSR count). The van der Waals surface area contributed by atoms with E-state index in [4.69, 9.17) is 0 Å². The van der Waals surface area contributed by atoms with E-state index >= 15 is 0 Å². The average Bonchev–Trinajstić information content (AvgIpc) is 3.58. The zero-order valence-electron chi connectivity index (χ0n) is 22.9. The second-order valence-corrected chi connectivity index (χ2v) is 11.0. The van der Waals surface area contributed by atoms with Gasteiger partial charge in [-0.05, 0) is 76.5 Å². The van der Waals surface area contributed by atoms with E-state index in [-0.39, 0.29) is 0 Å². The van der Waals surface area contributed by atoms with Gasteiger partial charge in [-0.1, -0.05) is 103 Å². The molecule has 2 aromatic heterocycles. The maximum Gasteiger partial charge on any atom is 0.0547 e. The number of hydrogen-bond acceptors (Lipinski definition) is 0. The van der Waals surface area contributed by atoms with Crippen LogP contribution in [-0.2, 0) is 0 Å². The third kappa shape index (κ3) is 3.33. The van der Waals surface area contributed by atoms with E-state index in [0.717, 1.165) is 0 Å². The molecular formula is C40H26N2. The van der Waals surface area contributed by atoms with E-state index in [1.807, 2.05) is 0 Å². The molecule has 0 aliphatic heterocycles. The summed E-state index contributed by atoms with van der Waals surface area (Å²) in [6, 6.07) is 57.2. The van der Waals surface area contributed by atoms with Crippen LogP contribution < -0.4 is 0 Å². The third-order valence-electron chi connectivity index (χ3n) is 8.69. The lowest BCUT2D eigenvalue weighted by Gasteiger charge is -2.10. The molecule has 9 aromatic rings. The van der Waals surface area contributed by atoms with Crippen molar-refractivity contribution in [1.29, 1.82) is 0 Å². The number of benzene rings is 7. The van der Waals surface area contributed by atoms with Crippen LogP contribution in [0.15, 0.2) is 158 Å². The number of aromatic nitrogens is 2. The van der Waals surface area contributed by atoms with Gasteiger partial charge in [-0.15, -0.1) is 0 Å². The third-order valence-corrected chi connectivity index (χ3v) is 8.69. The van der Waals surface area contributed by atoms with Crippen molar-refractivity contribution in [1.82, 2.24) is 9.13 Å². The molecule has 2 heterocycles. The van der Waals surface area contributed by atoms with Crippen LogP contribution in [0.4, 0.5) is 0 Å². The summed E-state index contributed by atoms with van der Waals surface area (Å²) >= 11 is 0. The van der Waals surface area contributed by atoms with E-state index < -0.39 is 0 Å².